The van der Waals surface area contributed by atoms with Gasteiger partial charge in [-0.05, 0) is 44.4 Å². The van der Waals surface area contributed by atoms with Crippen molar-refractivity contribution in [2.24, 2.45) is 23.7 Å². The van der Waals surface area contributed by atoms with Gasteiger partial charge in [-0.1, -0.05) is 25.5 Å². The molecule has 2 heteroatoms. The normalized spacial score (nSPS) is 39.1. The van der Waals surface area contributed by atoms with E-state index in [1.807, 2.05) is 6.92 Å². The van der Waals surface area contributed by atoms with E-state index in [9.17, 15) is 4.79 Å². The molecule has 0 aromatic rings. The summed E-state index contributed by atoms with van der Waals surface area (Å²) in [6.45, 7) is 8.59. The zero-order chi connectivity index (χ0) is 11.9. The number of esters is 1. The lowest BCUT2D eigenvalue weighted by Crippen LogP contribution is -2.44. The number of hydrogen-bond donors (Lipinski definition) is 0. The number of hydrogen-bond acceptors (Lipinski definition) is 2. The molecule has 2 nitrogen and oxygen atoms in total. The van der Waals surface area contributed by atoms with Gasteiger partial charge in [0, 0.05) is 0 Å². The van der Waals surface area contributed by atoms with Crippen LogP contribution in [0.3, 0.4) is 0 Å². The van der Waals surface area contributed by atoms with Gasteiger partial charge in [0.05, 0.1) is 12.0 Å². The number of fused-ring (bicyclic) bond motifs is 1. The first-order valence-electron chi connectivity index (χ1n) is 6.38. The lowest BCUT2D eigenvalue weighted by molar-refractivity contribution is -0.167. The molecule has 1 fully saturated rings. The van der Waals surface area contributed by atoms with Gasteiger partial charge < -0.3 is 4.74 Å². The second-order valence-electron chi connectivity index (χ2n) is 5.71. The zero-order valence-corrected chi connectivity index (χ0v) is 10.7. The smallest absolute Gasteiger partial charge is 0.310 e. The monoisotopic (exact) mass is 222 g/mol. The molecule has 0 aromatic carbocycles. The summed E-state index contributed by atoms with van der Waals surface area (Å²) in [4.78, 5) is 12.0. The van der Waals surface area contributed by atoms with Crippen molar-refractivity contribution in [1.29, 1.82) is 0 Å². The van der Waals surface area contributed by atoms with Crippen molar-refractivity contribution in [3.63, 3.8) is 0 Å². The van der Waals surface area contributed by atoms with Crippen molar-refractivity contribution in [2.75, 3.05) is 0 Å². The molecule has 0 radical (unpaired) electrons. The minimum Gasteiger partial charge on any atom is -0.462 e. The Balaban J connectivity index is 2.29. The van der Waals surface area contributed by atoms with Gasteiger partial charge in [-0.2, -0.15) is 0 Å². The van der Waals surface area contributed by atoms with E-state index in [0.29, 0.717) is 17.8 Å². The van der Waals surface area contributed by atoms with Crippen molar-refractivity contribution in [2.45, 2.75) is 46.6 Å². The molecule has 0 bridgehead atoms. The van der Waals surface area contributed by atoms with E-state index in [-0.39, 0.29) is 18.0 Å². The highest BCUT2D eigenvalue weighted by atomic mass is 16.5. The lowest BCUT2D eigenvalue weighted by Gasteiger charge is -2.42. The Morgan fingerprint density at radius 3 is 2.75 bits per heavy atom. The minimum atomic E-state index is 0.0369. The van der Waals surface area contributed by atoms with Gasteiger partial charge >= 0.3 is 5.97 Å². The number of ether oxygens (including phenoxy) is 1. The van der Waals surface area contributed by atoms with Gasteiger partial charge in [0.1, 0.15) is 0 Å². The Morgan fingerprint density at radius 1 is 1.44 bits per heavy atom. The number of allylic oxidation sites excluding steroid dienone is 2. The third-order valence-corrected chi connectivity index (χ3v) is 4.22. The summed E-state index contributed by atoms with van der Waals surface area (Å²) in [7, 11) is 0. The Hall–Kier alpha value is -0.790. The first-order valence-corrected chi connectivity index (χ1v) is 6.38. The van der Waals surface area contributed by atoms with E-state index in [1.165, 1.54) is 5.57 Å². The molecule has 0 N–H and O–H groups in total. The van der Waals surface area contributed by atoms with Crippen LogP contribution in [0.25, 0.3) is 0 Å². The molecule has 90 valence electrons. The summed E-state index contributed by atoms with van der Waals surface area (Å²) >= 11 is 0. The Labute approximate surface area is 98.1 Å². The fraction of sp³-hybridized carbons (Fsp3) is 0.786. The van der Waals surface area contributed by atoms with Gasteiger partial charge in [0.15, 0.2) is 0 Å². The molecule has 1 aliphatic heterocycles. The topological polar surface area (TPSA) is 26.3 Å². The van der Waals surface area contributed by atoms with Crippen LogP contribution in [0.1, 0.15) is 40.5 Å². The molecule has 0 saturated carbocycles. The standard InChI is InChI=1S/C14H22O2/c1-8(2)11-6-5-9(3)12-7-10(4)16-14(15)13(11)12/h5,8,10-13H,6-7H2,1-4H3/t10-,11+,12-,13+/m0/s1. The van der Waals surface area contributed by atoms with Crippen molar-refractivity contribution >= 4 is 5.97 Å². The largest absolute Gasteiger partial charge is 0.462 e. The molecular weight excluding hydrogens is 200 g/mol. The van der Waals surface area contributed by atoms with E-state index in [2.05, 4.69) is 26.8 Å². The summed E-state index contributed by atoms with van der Waals surface area (Å²) in [5.41, 5.74) is 1.39. The van der Waals surface area contributed by atoms with Gasteiger partial charge in [0.25, 0.3) is 0 Å². The van der Waals surface area contributed by atoms with Gasteiger partial charge in [0.2, 0.25) is 0 Å². The Morgan fingerprint density at radius 2 is 2.12 bits per heavy atom. The first-order chi connectivity index (χ1) is 7.50. The molecule has 2 rings (SSSR count). The van der Waals surface area contributed by atoms with Crippen molar-refractivity contribution in [1.82, 2.24) is 0 Å². The van der Waals surface area contributed by atoms with Crippen LogP contribution < -0.4 is 0 Å². The van der Waals surface area contributed by atoms with E-state index >= 15 is 0 Å². The fourth-order valence-corrected chi connectivity index (χ4v) is 3.24. The lowest BCUT2D eigenvalue weighted by atomic mass is 9.66. The molecule has 1 heterocycles. The SMILES string of the molecule is CC1=CC[C@H](C(C)C)[C@H]2C(=O)O[C@@H](C)C[C@@H]12. The minimum absolute atomic E-state index is 0.0369. The van der Waals surface area contributed by atoms with Crippen LogP contribution in [-0.2, 0) is 9.53 Å². The highest BCUT2D eigenvalue weighted by molar-refractivity contribution is 5.75. The van der Waals surface area contributed by atoms with E-state index in [4.69, 9.17) is 4.74 Å². The molecule has 0 aromatic heterocycles. The van der Waals surface area contributed by atoms with Crippen LogP contribution >= 0.6 is 0 Å². The fourth-order valence-electron chi connectivity index (χ4n) is 3.24. The van der Waals surface area contributed by atoms with Crippen molar-refractivity contribution < 1.29 is 9.53 Å². The highest BCUT2D eigenvalue weighted by Crippen LogP contribution is 2.44. The molecule has 0 spiro atoms. The molecule has 1 aliphatic carbocycles. The Bertz CT molecular complexity index is 317. The predicted octanol–water partition coefficient (Wildman–Crippen LogP) is 3.18. The maximum Gasteiger partial charge on any atom is 0.310 e. The number of rotatable bonds is 1. The molecule has 0 amide bonds. The van der Waals surface area contributed by atoms with Crippen LogP contribution in [0.2, 0.25) is 0 Å². The maximum atomic E-state index is 12.0. The predicted molar refractivity (Wildman–Crippen MR) is 63.9 cm³/mol. The summed E-state index contributed by atoms with van der Waals surface area (Å²) in [5, 5.41) is 0. The first kappa shape index (κ1) is 11.7. The summed E-state index contributed by atoms with van der Waals surface area (Å²) in [6, 6.07) is 0. The van der Waals surface area contributed by atoms with Crippen LogP contribution in [0, 0.1) is 23.7 Å². The van der Waals surface area contributed by atoms with E-state index < -0.39 is 0 Å². The maximum absolute atomic E-state index is 12.0. The second kappa shape index (κ2) is 4.23. The summed E-state index contributed by atoms with van der Waals surface area (Å²) < 4.78 is 5.42. The molecule has 0 unspecified atom stereocenters. The van der Waals surface area contributed by atoms with Crippen LogP contribution in [0.15, 0.2) is 11.6 Å². The highest BCUT2D eigenvalue weighted by Gasteiger charge is 2.44. The van der Waals surface area contributed by atoms with Gasteiger partial charge in [-0.15, -0.1) is 0 Å². The summed E-state index contributed by atoms with van der Waals surface area (Å²) in [6.07, 6.45) is 4.45. The zero-order valence-electron chi connectivity index (χ0n) is 10.7. The number of carbonyl (C=O) groups excluding carboxylic acids is 1. The van der Waals surface area contributed by atoms with Crippen molar-refractivity contribution in [3.05, 3.63) is 11.6 Å². The Kier molecular flexibility index (Phi) is 3.09. The average Bonchev–Trinajstić information content (AvgIpc) is 2.19. The van der Waals surface area contributed by atoms with Crippen molar-refractivity contribution in [3.8, 4) is 0 Å². The van der Waals surface area contributed by atoms with Gasteiger partial charge in [-0.25, -0.2) is 0 Å². The third-order valence-electron chi connectivity index (χ3n) is 4.22. The molecule has 2 aliphatic rings. The average molecular weight is 222 g/mol. The molecule has 16 heavy (non-hydrogen) atoms. The summed E-state index contributed by atoms with van der Waals surface area (Å²) in [5.74, 6) is 1.60. The van der Waals surface area contributed by atoms with E-state index in [1.54, 1.807) is 0 Å². The second-order valence-corrected chi connectivity index (χ2v) is 5.71. The number of carbonyl (C=O) groups is 1. The quantitative estimate of drug-likeness (QED) is 0.503. The van der Waals surface area contributed by atoms with Crippen LogP contribution in [0.4, 0.5) is 0 Å². The molecule has 1 saturated heterocycles. The van der Waals surface area contributed by atoms with Crippen LogP contribution in [0.5, 0.6) is 0 Å². The number of cyclic esters (lactones) is 1. The third kappa shape index (κ3) is 1.90. The molecule has 4 atom stereocenters. The van der Waals surface area contributed by atoms with Gasteiger partial charge in [-0.3, -0.25) is 4.79 Å². The van der Waals surface area contributed by atoms with E-state index in [0.717, 1.165) is 12.8 Å². The van der Waals surface area contributed by atoms with Crippen LogP contribution in [-0.4, -0.2) is 12.1 Å². The molecular formula is C14H22O2.